The van der Waals surface area contributed by atoms with Crippen LogP contribution in [-0.4, -0.2) is 67.4 Å². The number of halogens is 1. The Kier molecular flexibility index (Phi) is 9.90. The molecule has 1 atom stereocenters. The van der Waals surface area contributed by atoms with Crippen molar-refractivity contribution in [3.63, 3.8) is 0 Å². The fourth-order valence-electron chi connectivity index (χ4n) is 4.48. The van der Waals surface area contributed by atoms with Crippen LogP contribution in [0.5, 0.6) is 0 Å². The lowest BCUT2D eigenvalue weighted by atomic mass is 9.80. The Balaban J connectivity index is 0.00000320. The van der Waals surface area contributed by atoms with Crippen LogP contribution in [-0.2, 0) is 10.3 Å². The Bertz CT molecular complexity index is 665. The first-order valence-corrected chi connectivity index (χ1v) is 11.1. The summed E-state index contributed by atoms with van der Waals surface area (Å²) in [6.45, 7) is 11.2. The number of hydrogen-bond acceptors (Lipinski definition) is 5. The summed E-state index contributed by atoms with van der Waals surface area (Å²) in [5.41, 5.74) is -0.970. The van der Waals surface area contributed by atoms with Gasteiger partial charge in [-0.25, -0.2) is 4.99 Å². The van der Waals surface area contributed by atoms with E-state index in [1.807, 2.05) is 19.1 Å². The van der Waals surface area contributed by atoms with E-state index in [1.54, 1.807) is 6.92 Å². The molecule has 0 amide bonds. The number of aliphatic imine (C=N–C) groups is 1. The van der Waals surface area contributed by atoms with Gasteiger partial charge in [0.15, 0.2) is 5.96 Å². The van der Waals surface area contributed by atoms with E-state index >= 15 is 0 Å². The minimum atomic E-state index is -1.14. The van der Waals surface area contributed by atoms with E-state index in [0.717, 1.165) is 51.1 Å². The van der Waals surface area contributed by atoms with Crippen molar-refractivity contribution >= 4 is 29.9 Å². The molecule has 1 aliphatic carbocycles. The minimum absolute atomic E-state index is 0. The topological polar surface area (TPSA) is 82.3 Å². The number of hydrogen-bond donors (Lipinski definition) is 3. The zero-order chi connectivity index (χ0) is 20.7. The van der Waals surface area contributed by atoms with Gasteiger partial charge in [-0.2, -0.15) is 0 Å². The fourth-order valence-corrected chi connectivity index (χ4v) is 4.48. The van der Waals surface area contributed by atoms with E-state index in [9.17, 15) is 5.11 Å². The second kappa shape index (κ2) is 11.7. The molecule has 7 nitrogen and oxygen atoms in total. The first kappa shape index (κ1) is 25.4. The molecule has 2 aliphatic rings. The molecule has 1 aromatic rings. The highest BCUT2D eigenvalue weighted by Gasteiger charge is 2.38. The molecule has 1 saturated carbocycles. The summed E-state index contributed by atoms with van der Waals surface area (Å²) in [6.07, 6.45) is 6.30. The SMILES string of the molecule is CCNC(=NCC(C)(O)c1ccc(C)o1)NCC1(N2CCOCC2)CCCCC1.I. The molecule has 1 aromatic heterocycles. The number of morpholine rings is 1. The second-order valence-corrected chi connectivity index (χ2v) is 8.62. The average Bonchev–Trinajstić information content (AvgIpc) is 3.19. The molecule has 172 valence electrons. The lowest BCUT2D eigenvalue weighted by molar-refractivity contribution is -0.0353. The van der Waals surface area contributed by atoms with E-state index in [4.69, 9.17) is 9.15 Å². The third-order valence-corrected chi connectivity index (χ3v) is 6.21. The molecule has 8 heteroatoms. The van der Waals surface area contributed by atoms with Gasteiger partial charge in [0.2, 0.25) is 0 Å². The van der Waals surface area contributed by atoms with Crippen LogP contribution in [0, 0.1) is 6.92 Å². The first-order valence-electron chi connectivity index (χ1n) is 11.1. The molecule has 0 radical (unpaired) electrons. The molecule has 0 bridgehead atoms. The largest absolute Gasteiger partial charge is 0.463 e. The molecule has 0 aromatic carbocycles. The first-order chi connectivity index (χ1) is 14.0. The summed E-state index contributed by atoms with van der Waals surface area (Å²) < 4.78 is 11.2. The van der Waals surface area contributed by atoms with E-state index in [1.165, 1.54) is 32.1 Å². The average molecular weight is 534 g/mol. The molecule has 3 N–H and O–H groups in total. The quantitative estimate of drug-likeness (QED) is 0.284. The van der Waals surface area contributed by atoms with Crippen LogP contribution in [0.4, 0.5) is 0 Å². The Morgan fingerprint density at radius 2 is 1.90 bits per heavy atom. The summed E-state index contributed by atoms with van der Waals surface area (Å²) >= 11 is 0. The van der Waals surface area contributed by atoms with Gasteiger partial charge >= 0.3 is 0 Å². The van der Waals surface area contributed by atoms with Crippen molar-refractivity contribution in [3.8, 4) is 0 Å². The number of aliphatic hydroxyl groups is 1. The van der Waals surface area contributed by atoms with Gasteiger partial charge in [-0.3, -0.25) is 4.90 Å². The van der Waals surface area contributed by atoms with Crippen molar-refractivity contribution in [2.24, 2.45) is 4.99 Å². The van der Waals surface area contributed by atoms with Gasteiger partial charge in [-0.1, -0.05) is 19.3 Å². The number of nitrogens with zero attached hydrogens (tertiary/aromatic N) is 2. The van der Waals surface area contributed by atoms with Crippen molar-refractivity contribution in [2.75, 3.05) is 45.9 Å². The highest BCUT2D eigenvalue weighted by atomic mass is 127. The third kappa shape index (κ3) is 6.58. The van der Waals surface area contributed by atoms with Gasteiger partial charge < -0.3 is 24.9 Å². The van der Waals surface area contributed by atoms with Gasteiger partial charge in [0, 0.05) is 31.7 Å². The maximum atomic E-state index is 10.8. The maximum Gasteiger partial charge on any atom is 0.191 e. The zero-order valence-electron chi connectivity index (χ0n) is 18.7. The predicted octanol–water partition coefficient (Wildman–Crippen LogP) is 3.00. The molecule has 3 rings (SSSR count). The fraction of sp³-hybridized carbons (Fsp3) is 0.773. The highest BCUT2D eigenvalue weighted by molar-refractivity contribution is 14.0. The summed E-state index contributed by atoms with van der Waals surface area (Å²) in [7, 11) is 0. The molecule has 1 aliphatic heterocycles. The Morgan fingerprint density at radius 3 is 2.50 bits per heavy atom. The highest BCUT2D eigenvalue weighted by Crippen LogP contribution is 2.34. The van der Waals surface area contributed by atoms with Crippen LogP contribution < -0.4 is 10.6 Å². The van der Waals surface area contributed by atoms with Gasteiger partial charge in [0.25, 0.3) is 0 Å². The molecule has 2 fully saturated rings. The summed E-state index contributed by atoms with van der Waals surface area (Å²) in [5, 5.41) is 17.7. The molecule has 1 unspecified atom stereocenters. The molecule has 30 heavy (non-hydrogen) atoms. The number of guanidine groups is 1. The van der Waals surface area contributed by atoms with Crippen LogP contribution in [0.2, 0.25) is 0 Å². The summed E-state index contributed by atoms with van der Waals surface area (Å²) in [5.74, 6) is 2.08. The monoisotopic (exact) mass is 534 g/mol. The summed E-state index contributed by atoms with van der Waals surface area (Å²) in [4.78, 5) is 7.29. The second-order valence-electron chi connectivity index (χ2n) is 8.62. The number of aryl methyl sites for hydroxylation is 1. The minimum Gasteiger partial charge on any atom is -0.463 e. The van der Waals surface area contributed by atoms with Gasteiger partial charge in [-0.05, 0) is 45.7 Å². The predicted molar refractivity (Wildman–Crippen MR) is 131 cm³/mol. The maximum absolute atomic E-state index is 10.8. The van der Waals surface area contributed by atoms with E-state index < -0.39 is 5.60 Å². The Morgan fingerprint density at radius 1 is 1.20 bits per heavy atom. The van der Waals surface area contributed by atoms with Gasteiger partial charge in [0.05, 0.1) is 19.8 Å². The smallest absolute Gasteiger partial charge is 0.191 e. The lowest BCUT2D eigenvalue weighted by Gasteiger charge is -2.48. The van der Waals surface area contributed by atoms with Crippen LogP contribution in [0.1, 0.15) is 57.5 Å². The number of ether oxygens (including phenoxy) is 1. The molecule has 0 spiro atoms. The number of rotatable bonds is 7. The molecular formula is C22H39IN4O3. The lowest BCUT2D eigenvalue weighted by Crippen LogP contribution is -2.60. The van der Waals surface area contributed by atoms with E-state index in [2.05, 4.69) is 27.4 Å². The van der Waals surface area contributed by atoms with Crippen molar-refractivity contribution in [1.82, 2.24) is 15.5 Å². The van der Waals surface area contributed by atoms with Crippen LogP contribution in [0.25, 0.3) is 0 Å². The van der Waals surface area contributed by atoms with Crippen molar-refractivity contribution < 1.29 is 14.3 Å². The van der Waals surface area contributed by atoms with Crippen LogP contribution in [0.15, 0.2) is 21.5 Å². The zero-order valence-corrected chi connectivity index (χ0v) is 21.0. The van der Waals surface area contributed by atoms with Crippen LogP contribution >= 0.6 is 24.0 Å². The van der Waals surface area contributed by atoms with Crippen molar-refractivity contribution in [3.05, 3.63) is 23.7 Å². The van der Waals surface area contributed by atoms with Crippen molar-refractivity contribution in [1.29, 1.82) is 0 Å². The Labute approximate surface area is 198 Å². The van der Waals surface area contributed by atoms with E-state index in [-0.39, 0.29) is 36.1 Å². The normalized spacial score (nSPS) is 22.1. The van der Waals surface area contributed by atoms with Gasteiger partial charge in [0.1, 0.15) is 17.1 Å². The van der Waals surface area contributed by atoms with Crippen LogP contribution in [0.3, 0.4) is 0 Å². The standard InChI is InChI=1S/C22H38N4O3.HI/c1-4-23-20(24-16-21(3,27)19-9-8-18(2)29-19)25-17-22(10-6-5-7-11-22)26-12-14-28-15-13-26;/h8-9,27H,4-7,10-17H2,1-3H3,(H2,23,24,25);1H. The molecule has 2 heterocycles. The number of nitrogens with one attached hydrogen (secondary N) is 2. The Hall–Kier alpha value is -0.840. The summed E-state index contributed by atoms with van der Waals surface area (Å²) in [6, 6.07) is 3.69. The van der Waals surface area contributed by atoms with Gasteiger partial charge in [-0.15, -0.1) is 24.0 Å². The van der Waals surface area contributed by atoms with E-state index in [0.29, 0.717) is 5.76 Å². The molecular weight excluding hydrogens is 495 g/mol. The van der Waals surface area contributed by atoms with Crippen molar-refractivity contribution in [2.45, 2.75) is 64.0 Å². The number of furan rings is 1. The third-order valence-electron chi connectivity index (χ3n) is 6.21. The molecule has 1 saturated heterocycles.